The first-order chi connectivity index (χ1) is 18.5. The van der Waals surface area contributed by atoms with Crippen LogP contribution in [0.2, 0.25) is 5.02 Å². The summed E-state index contributed by atoms with van der Waals surface area (Å²) in [6, 6.07) is 12.8. The molecule has 208 valence electrons. The number of para-hydroxylation sites is 2. The highest BCUT2D eigenvalue weighted by molar-refractivity contribution is 6.34. The lowest BCUT2D eigenvalue weighted by atomic mass is 9.66. The fourth-order valence-electron chi connectivity index (χ4n) is 7.00. The number of halogens is 1. The van der Waals surface area contributed by atoms with Crippen LogP contribution in [0.15, 0.2) is 48.5 Å². The molecule has 3 aliphatic heterocycles. The molecule has 8 nitrogen and oxygen atoms in total. The number of ether oxygens (including phenoxy) is 1. The van der Waals surface area contributed by atoms with Gasteiger partial charge in [0.1, 0.15) is 11.6 Å². The van der Waals surface area contributed by atoms with Crippen LogP contribution >= 0.6 is 11.6 Å². The predicted octanol–water partition coefficient (Wildman–Crippen LogP) is 4.40. The molecule has 2 aromatic carbocycles. The van der Waals surface area contributed by atoms with Crippen LogP contribution in [0.1, 0.15) is 45.6 Å². The van der Waals surface area contributed by atoms with Gasteiger partial charge in [0.25, 0.3) is 0 Å². The molecule has 3 fully saturated rings. The summed E-state index contributed by atoms with van der Waals surface area (Å²) in [7, 11) is 0. The lowest BCUT2D eigenvalue weighted by molar-refractivity contribution is -0.147. The number of amides is 3. The van der Waals surface area contributed by atoms with Crippen LogP contribution in [0.5, 0.6) is 0 Å². The van der Waals surface area contributed by atoms with Crippen molar-refractivity contribution in [1.29, 1.82) is 0 Å². The second-order valence-electron chi connectivity index (χ2n) is 11.7. The number of aliphatic hydroxyl groups is 1. The van der Waals surface area contributed by atoms with Gasteiger partial charge in [-0.2, -0.15) is 0 Å². The second kappa shape index (κ2) is 10.2. The minimum Gasteiger partial charge on any atom is -0.394 e. The van der Waals surface area contributed by atoms with E-state index in [2.05, 4.69) is 10.6 Å². The van der Waals surface area contributed by atoms with Crippen molar-refractivity contribution in [2.75, 3.05) is 17.2 Å². The highest BCUT2D eigenvalue weighted by Crippen LogP contribution is 2.63. The van der Waals surface area contributed by atoms with Crippen LogP contribution < -0.4 is 10.6 Å². The smallest absolute Gasteiger partial charge is 0.250 e. The van der Waals surface area contributed by atoms with E-state index < -0.39 is 41.0 Å². The van der Waals surface area contributed by atoms with Gasteiger partial charge in [0, 0.05) is 5.69 Å². The topological polar surface area (TPSA) is 108 Å². The molecule has 1 spiro atoms. The third kappa shape index (κ3) is 4.52. The summed E-state index contributed by atoms with van der Waals surface area (Å²) in [4.78, 5) is 43.7. The minimum atomic E-state index is -1.20. The Bertz CT molecular complexity index is 1270. The highest BCUT2D eigenvalue weighted by Gasteiger charge is 2.78. The lowest BCUT2D eigenvalue weighted by Crippen LogP contribution is -2.56. The zero-order chi connectivity index (χ0) is 28.1. The van der Waals surface area contributed by atoms with E-state index in [1.807, 2.05) is 52.0 Å². The van der Waals surface area contributed by atoms with Crippen LogP contribution in [0, 0.1) is 24.7 Å². The van der Waals surface area contributed by atoms with E-state index in [0.717, 1.165) is 5.56 Å². The Kier molecular flexibility index (Phi) is 7.24. The quantitative estimate of drug-likeness (QED) is 0.449. The van der Waals surface area contributed by atoms with E-state index in [-0.39, 0.29) is 24.3 Å². The number of hydrogen-bond acceptors (Lipinski definition) is 5. The number of anilines is 2. The number of benzene rings is 2. The molecule has 3 aliphatic rings. The monoisotopic (exact) mass is 553 g/mol. The number of aliphatic hydroxyl groups excluding tert-OH is 1. The largest absolute Gasteiger partial charge is 0.394 e. The molecule has 39 heavy (non-hydrogen) atoms. The third-order valence-corrected chi connectivity index (χ3v) is 8.92. The summed E-state index contributed by atoms with van der Waals surface area (Å²) in [6.45, 7) is 7.41. The number of hydrogen-bond donors (Lipinski definition) is 3. The predicted molar refractivity (Wildman–Crippen MR) is 149 cm³/mol. The molecular weight excluding hydrogens is 518 g/mol. The molecule has 0 aliphatic carbocycles. The molecule has 2 aromatic rings. The van der Waals surface area contributed by atoms with E-state index in [0.29, 0.717) is 35.7 Å². The van der Waals surface area contributed by atoms with Gasteiger partial charge in [0.15, 0.2) is 0 Å². The molecule has 0 aromatic heterocycles. The zero-order valence-electron chi connectivity index (χ0n) is 22.7. The zero-order valence-corrected chi connectivity index (χ0v) is 23.5. The molecule has 3 amide bonds. The summed E-state index contributed by atoms with van der Waals surface area (Å²) >= 11 is 6.44. The summed E-state index contributed by atoms with van der Waals surface area (Å²) in [5.74, 6) is -2.56. The summed E-state index contributed by atoms with van der Waals surface area (Å²) in [5.41, 5.74) is -0.226. The van der Waals surface area contributed by atoms with Gasteiger partial charge in [-0.05, 0) is 62.8 Å². The fourth-order valence-corrected chi connectivity index (χ4v) is 7.27. The number of aryl methyl sites for hydroxylation is 1. The second-order valence-corrected chi connectivity index (χ2v) is 12.1. The maximum Gasteiger partial charge on any atom is 0.250 e. The first-order valence-electron chi connectivity index (χ1n) is 13.6. The van der Waals surface area contributed by atoms with Crippen molar-refractivity contribution in [3.8, 4) is 0 Å². The maximum atomic E-state index is 14.3. The first kappa shape index (κ1) is 27.6. The van der Waals surface area contributed by atoms with Gasteiger partial charge in [0.2, 0.25) is 17.7 Å². The number of carbonyl (C=O) groups is 3. The van der Waals surface area contributed by atoms with Crippen molar-refractivity contribution in [2.45, 2.75) is 70.2 Å². The van der Waals surface area contributed by atoms with E-state index in [9.17, 15) is 19.5 Å². The maximum absolute atomic E-state index is 14.3. The SMILES string of the molecule is Cc1cccc(Cl)c1NC(=O)C1N([C@@H](CO)CC(C)C)C(=O)[C@@H]2[C@@H](C(=O)Nc3ccccc3)[C@@]3(C)CCC12O3. The van der Waals surface area contributed by atoms with Crippen LogP contribution in [0.3, 0.4) is 0 Å². The molecular formula is C30H36ClN3O5. The Hall–Kier alpha value is -2.94. The first-order valence-corrected chi connectivity index (χ1v) is 14.0. The van der Waals surface area contributed by atoms with Crippen LogP contribution in [0.4, 0.5) is 11.4 Å². The average Bonchev–Trinajstić information content (AvgIpc) is 3.46. The lowest BCUT2D eigenvalue weighted by Gasteiger charge is -2.37. The van der Waals surface area contributed by atoms with Crippen molar-refractivity contribution in [1.82, 2.24) is 4.90 Å². The minimum absolute atomic E-state index is 0.161. The van der Waals surface area contributed by atoms with E-state index in [1.165, 1.54) is 4.90 Å². The van der Waals surface area contributed by atoms with Crippen molar-refractivity contribution in [2.24, 2.45) is 17.8 Å². The number of likely N-dealkylation sites (tertiary alicyclic amines) is 1. The molecule has 5 rings (SSSR count). The number of carbonyl (C=O) groups excluding carboxylic acids is 3. The Balaban J connectivity index is 1.56. The Morgan fingerprint density at radius 2 is 1.82 bits per heavy atom. The van der Waals surface area contributed by atoms with Crippen molar-refractivity contribution < 1.29 is 24.2 Å². The molecule has 6 atom stereocenters. The Morgan fingerprint density at radius 1 is 1.10 bits per heavy atom. The van der Waals surface area contributed by atoms with Crippen LogP contribution in [-0.2, 0) is 19.1 Å². The number of fused-ring (bicyclic) bond motifs is 1. The number of rotatable bonds is 8. The molecule has 3 N–H and O–H groups in total. The summed E-state index contributed by atoms with van der Waals surface area (Å²) in [5, 5.41) is 16.7. The fraction of sp³-hybridized carbons (Fsp3) is 0.500. The Labute approximate surface area is 234 Å². The van der Waals surface area contributed by atoms with E-state index in [4.69, 9.17) is 16.3 Å². The van der Waals surface area contributed by atoms with Crippen LogP contribution in [0.25, 0.3) is 0 Å². The Morgan fingerprint density at radius 3 is 2.46 bits per heavy atom. The molecule has 2 unspecified atom stereocenters. The van der Waals surface area contributed by atoms with Gasteiger partial charge in [-0.1, -0.05) is 55.8 Å². The number of nitrogens with zero attached hydrogens (tertiary/aromatic N) is 1. The molecule has 0 saturated carbocycles. The highest BCUT2D eigenvalue weighted by atomic mass is 35.5. The summed E-state index contributed by atoms with van der Waals surface area (Å²) in [6.07, 6.45) is 1.48. The van der Waals surface area contributed by atoms with Crippen LogP contribution in [-0.4, -0.2) is 57.6 Å². The van der Waals surface area contributed by atoms with Gasteiger partial charge in [-0.3, -0.25) is 14.4 Å². The van der Waals surface area contributed by atoms with E-state index in [1.54, 1.807) is 24.3 Å². The molecule has 3 heterocycles. The van der Waals surface area contributed by atoms with Gasteiger partial charge in [0.05, 0.1) is 40.8 Å². The molecule has 3 saturated heterocycles. The third-order valence-electron chi connectivity index (χ3n) is 8.60. The summed E-state index contributed by atoms with van der Waals surface area (Å²) < 4.78 is 6.68. The van der Waals surface area contributed by atoms with Gasteiger partial charge < -0.3 is 25.4 Å². The average molecular weight is 554 g/mol. The molecule has 2 bridgehead atoms. The van der Waals surface area contributed by atoms with Gasteiger partial charge in [-0.25, -0.2) is 0 Å². The molecule has 9 heteroatoms. The van der Waals surface area contributed by atoms with Gasteiger partial charge in [-0.15, -0.1) is 0 Å². The molecule has 0 radical (unpaired) electrons. The normalized spacial score (nSPS) is 30.0. The van der Waals surface area contributed by atoms with E-state index >= 15 is 0 Å². The van der Waals surface area contributed by atoms with Crippen molar-refractivity contribution >= 4 is 40.7 Å². The van der Waals surface area contributed by atoms with Crippen molar-refractivity contribution in [3.63, 3.8) is 0 Å². The number of nitrogens with one attached hydrogen (secondary N) is 2. The van der Waals surface area contributed by atoms with Gasteiger partial charge >= 0.3 is 0 Å². The van der Waals surface area contributed by atoms with Crippen molar-refractivity contribution in [3.05, 3.63) is 59.1 Å². The standard InChI is InChI=1S/C30H36ClN3O5/c1-17(2)15-20(16-35)34-25(27(37)33-24-18(3)9-8-12-21(24)31)30-14-13-29(4,39-30)22(23(30)28(34)38)26(36)32-19-10-6-5-7-11-19/h5-12,17,20,22-23,25,35H,13-16H2,1-4H3,(H,32,36)(H,33,37)/t20-,22+,23+,25?,29-,30?/m1/s1.